The lowest BCUT2D eigenvalue weighted by Gasteiger charge is -2.35. The van der Waals surface area contributed by atoms with Gasteiger partial charge < -0.3 is 33.6 Å². The zero-order valence-electron chi connectivity index (χ0n) is 39.5. The first-order valence-electron chi connectivity index (χ1n) is 23.3. The number of nitrogens with zero attached hydrogens (tertiary/aromatic N) is 7. The molecule has 0 saturated carbocycles. The van der Waals surface area contributed by atoms with Crippen LogP contribution in [0, 0.1) is 5.41 Å². The van der Waals surface area contributed by atoms with E-state index in [0.29, 0.717) is 89.5 Å². The van der Waals surface area contributed by atoms with Gasteiger partial charge in [0, 0.05) is 74.8 Å². The Morgan fingerprint density at radius 3 is 1.73 bits per heavy atom. The number of methoxy groups -OCH3 is 2. The summed E-state index contributed by atoms with van der Waals surface area (Å²) >= 11 is 8.99. The summed E-state index contributed by atoms with van der Waals surface area (Å²) in [6.07, 6.45) is 12.3. The average molecular weight is 950 g/mol. The number of aliphatic imine (C=N–C) groups is 2. The van der Waals surface area contributed by atoms with Crippen LogP contribution in [0.5, 0.6) is 23.0 Å². The highest BCUT2D eigenvalue weighted by atomic mass is 32.2. The molecular weight excluding hydrogens is 887 g/mol. The van der Waals surface area contributed by atoms with E-state index in [1.807, 2.05) is 41.0 Å². The fourth-order valence-electron chi connectivity index (χ4n) is 9.29. The van der Waals surface area contributed by atoms with Crippen LogP contribution >= 0.6 is 25.3 Å². The van der Waals surface area contributed by atoms with Gasteiger partial charge in [-0.15, -0.1) is 0 Å². The van der Waals surface area contributed by atoms with Gasteiger partial charge in [-0.3, -0.25) is 34.3 Å². The SMILES string of the molecule is C/C=C1\C[C@H]2C=Nc3cc(OCc4cc(CCCN5CCN(C(=O)CCC(C)(C)C(S)S)CC5)cc(COc5cc6c(cc5OC)C(=O)N5C/C(=C/C)C[C@H]5C=N6)n4)c(OC)cc3C(=O)N2C1. The van der Waals surface area contributed by atoms with E-state index in [2.05, 4.69) is 68.3 Å². The molecule has 2 atom stereocenters. The minimum Gasteiger partial charge on any atom is -0.493 e. The molecule has 3 amide bonds. The molecule has 0 unspecified atom stereocenters. The summed E-state index contributed by atoms with van der Waals surface area (Å²) in [5.74, 6) is 1.79. The van der Waals surface area contributed by atoms with E-state index in [-0.39, 0.29) is 53.0 Å². The summed E-state index contributed by atoms with van der Waals surface area (Å²) < 4.78 is 24.3. The fourth-order valence-corrected chi connectivity index (χ4v) is 9.55. The number of hydrogen-bond acceptors (Lipinski definition) is 13. The highest BCUT2D eigenvalue weighted by Crippen LogP contribution is 2.41. The van der Waals surface area contributed by atoms with E-state index < -0.39 is 0 Å². The van der Waals surface area contributed by atoms with Crippen molar-refractivity contribution >= 4 is 66.8 Å². The Morgan fingerprint density at radius 1 is 0.761 bits per heavy atom. The van der Waals surface area contributed by atoms with Crippen LogP contribution in [-0.4, -0.2) is 131 Å². The molecule has 0 aliphatic carbocycles. The molecule has 67 heavy (non-hydrogen) atoms. The maximum Gasteiger partial charge on any atom is 0.257 e. The topological polar surface area (TPSA) is 139 Å². The van der Waals surface area contributed by atoms with E-state index in [0.717, 1.165) is 57.3 Å². The molecule has 2 aromatic carbocycles. The first-order chi connectivity index (χ1) is 32.3. The van der Waals surface area contributed by atoms with Crippen molar-refractivity contribution in [2.24, 2.45) is 15.4 Å². The Hall–Kier alpha value is -5.32. The number of benzene rings is 2. The number of aromatic nitrogens is 1. The van der Waals surface area contributed by atoms with Crippen molar-refractivity contribution in [2.45, 2.75) is 96.1 Å². The molecule has 8 rings (SSSR count). The third-order valence-corrected chi connectivity index (χ3v) is 15.1. The smallest absolute Gasteiger partial charge is 0.257 e. The summed E-state index contributed by atoms with van der Waals surface area (Å²) in [4.78, 5) is 63.1. The van der Waals surface area contributed by atoms with Gasteiger partial charge in [0.25, 0.3) is 11.8 Å². The largest absolute Gasteiger partial charge is 0.493 e. The maximum atomic E-state index is 13.7. The molecule has 0 N–H and O–H groups in total. The number of hydrogen-bond donors (Lipinski definition) is 2. The Balaban J connectivity index is 0.977. The fraction of sp³-hybridized carbons (Fsp3) is 0.490. The van der Waals surface area contributed by atoms with Crippen LogP contribution in [0.3, 0.4) is 0 Å². The van der Waals surface area contributed by atoms with E-state index in [4.69, 9.17) is 33.9 Å². The number of thiol groups is 2. The van der Waals surface area contributed by atoms with Crippen molar-refractivity contribution in [3.63, 3.8) is 0 Å². The predicted octanol–water partition coefficient (Wildman–Crippen LogP) is 8.08. The van der Waals surface area contributed by atoms with Gasteiger partial charge >= 0.3 is 0 Å². The van der Waals surface area contributed by atoms with E-state index >= 15 is 0 Å². The van der Waals surface area contributed by atoms with Crippen molar-refractivity contribution in [3.8, 4) is 23.0 Å². The number of allylic oxidation sites excluding steroid dienone is 2. The summed E-state index contributed by atoms with van der Waals surface area (Å²) in [5.41, 5.74) is 6.76. The molecule has 6 heterocycles. The number of piperazine rings is 1. The zero-order valence-corrected chi connectivity index (χ0v) is 41.3. The second-order valence-electron chi connectivity index (χ2n) is 18.6. The Labute approximate surface area is 405 Å². The molecule has 1 aromatic heterocycles. The van der Waals surface area contributed by atoms with Gasteiger partial charge in [-0.25, -0.2) is 0 Å². The van der Waals surface area contributed by atoms with Crippen molar-refractivity contribution in [1.82, 2.24) is 24.6 Å². The summed E-state index contributed by atoms with van der Waals surface area (Å²) in [6, 6.07) is 10.9. The molecule has 16 heteroatoms. The van der Waals surface area contributed by atoms with Gasteiger partial charge in [0.2, 0.25) is 5.91 Å². The summed E-state index contributed by atoms with van der Waals surface area (Å²) in [6.45, 7) is 13.6. The van der Waals surface area contributed by atoms with Crippen molar-refractivity contribution in [3.05, 3.63) is 87.8 Å². The van der Waals surface area contributed by atoms with Crippen LogP contribution in [-0.2, 0) is 24.4 Å². The lowest BCUT2D eigenvalue weighted by molar-refractivity contribution is -0.133. The lowest BCUT2D eigenvalue weighted by Crippen LogP contribution is -2.49. The first-order valence-corrected chi connectivity index (χ1v) is 24.3. The molecule has 5 aliphatic heterocycles. The van der Waals surface area contributed by atoms with Gasteiger partial charge in [0.15, 0.2) is 23.0 Å². The van der Waals surface area contributed by atoms with Crippen molar-refractivity contribution < 1.29 is 33.3 Å². The van der Waals surface area contributed by atoms with Crippen LogP contribution in [0.1, 0.15) is 97.5 Å². The van der Waals surface area contributed by atoms with Gasteiger partial charge in [-0.2, -0.15) is 25.3 Å². The Kier molecular flexibility index (Phi) is 15.0. The molecule has 3 aromatic rings. The van der Waals surface area contributed by atoms with Crippen LogP contribution < -0.4 is 18.9 Å². The number of carbonyl (C=O) groups is 3. The van der Waals surface area contributed by atoms with E-state index in [9.17, 15) is 14.4 Å². The monoisotopic (exact) mass is 949 g/mol. The molecule has 0 bridgehead atoms. The van der Waals surface area contributed by atoms with Crippen LogP contribution in [0.15, 0.2) is 69.7 Å². The summed E-state index contributed by atoms with van der Waals surface area (Å²) in [5, 5.41) is 0. The highest BCUT2D eigenvalue weighted by molar-refractivity contribution is 7.99. The van der Waals surface area contributed by atoms with Crippen molar-refractivity contribution in [2.75, 3.05) is 60.0 Å². The normalized spacial score (nSPS) is 20.5. The molecule has 3 saturated heterocycles. The van der Waals surface area contributed by atoms with Crippen molar-refractivity contribution in [1.29, 1.82) is 0 Å². The van der Waals surface area contributed by atoms with Crippen LogP contribution in [0.25, 0.3) is 0 Å². The standard InChI is InChI=1S/C51H63N7O7S2/c1-7-32-20-37-26-52-41-24-45(43(62-5)22-39(41)48(60)57(37)28-32)64-30-35-18-34(10-9-13-55-14-16-56(17-15-55)47(59)11-12-51(3,4)50(66)67)19-36(54-35)31-65-46-25-42-40(23-44(46)63-6)49(61)58-29-33(8-2)21-38(58)27-53-42/h7-8,18-19,22-27,37-38,50,66-67H,9-17,20-21,28-31H2,1-6H3/b32-7+,33-8+/t37-,38-/m0/s1. The second kappa shape index (κ2) is 20.9. The van der Waals surface area contributed by atoms with Crippen LogP contribution in [0.4, 0.5) is 11.4 Å². The number of rotatable bonds is 16. The minimum absolute atomic E-state index is 0.0852. The van der Waals surface area contributed by atoms with Gasteiger partial charge in [-0.1, -0.05) is 37.1 Å². The third-order valence-electron chi connectivity index (χ3n) is 13.7. The molecular formula is C51H63N7O7S2. The molecule has 5 aliphatic rings. The van der Waals surface area contributed by atoms with E-state index in [1.54, 1.807) is 38.5 Å². The maximum absolute atomic E-state index is 13.7. The molecule has 0 spiro atoms. The Morgan fingerprint density at radius 2 is 1.27 bits per heavy atom. The van der Waals surface area contributed by atoms with Gasteiger partial charge in [0.05, 0.1) is 60.2 Å². The molecule has 3 fully saturated rings. The number of aryl methyl sites for hydroxylation is 1. The first kappa shape index (κ1) is 48.1. The summed E-state index contributed by atoms with van der Waals surface area (Å²) in [7, 11) is 3.12. The zero-order chi connectivity index (χ0) is 47.4. The number of ether oxygens (including phenoxy) is 4. The number of pyridine rings is 1. The lowest BCUT2D eigenvalue weighted by atomic mass is 9.89. The molecule has 14 nitrogen and oxygen atoms in total. The average Bonchev–Trinajstić information content (AvgIpc) is 3.90. The number of fused-ring (bicyclic) bond motifs is 4. The second-order valence-corrected chi connectivity index (χ2v) is 20.1. The molecule has 356 valence electrons. The molecule has 0 radical (unpaired) electrons. The predicted molar refractivity (Wildman–Crippen MR) is 268 cm³/mol. The third kappa shape index (κ3) is 10.9. The van der Waals surface area contributed by atoms with Gasteiger partial charge in [0.1, 0.15) is 13.2 Å². The van der Waals surface area contributed by atoms with Crippen LogP contribution in [0.2, 0.25) is 0 Å². The number of carbonyl (C=O) groups excluding carboxylic acids is 3. The van der Waals surface area contributed by atoms with E-state index in [1.165, 1.54) is 11.1 Å². The minimum atomic E-state index is -0.132. The Bertz CT molecular complexity index is 2360. The quantitative estimate of drug-likeness (QED) is 0.0830. The highest BCUT2D eigenvalue weighted by Gasteiger charge is 2.36. The number of amides is 3. The van der Waals surface area contributed by atoms with Gasteiger partial charge in [-0.05, 0) is 87.7 Å².